The number of rotatable bonds is 2. The molecular formula is C17H18N6. The van der Waals surface area contributed by atoms with Gasteiger partial charge >= 0.3 is 0 Å². The molecular weight excluding hydrogens is 288 g/mol. The van der Waals surface area contributed by atoms with Crippen molar-refractivity contribution in [3.8, 4) is 0 Å². The van der Waals surface area contributed by atoms with Crippen LogP contribution in [0.15, 0.2) is 52.7 Å². The van der Waals surface area contributed by atoms with Gasteiger partial charge in [0, 0.05) is 17.4 Å². The van der Waals surface area contributed by atoms with E-state index in [2.05, 4.69) is 39.0 Å². The van der Waals surface area contributed by atoms with Gasteiger partial charge in [-0.25, -0.2) is 10.4 Å². The number of hydrogen-bond donors (Lipinski definition) is 3. The third-order valence-electron chi connectivity index (χ3n) is 4.20. The van der Waals surface area contributed by atoms with Crippen LogP contribution in [0.3, 0.4) is 0 Å². The minimum absolute atomic E-state index is 0.199. The molecule has 1 aliphatic heterocycles. The zero-order valence-electron chi connectivity index (χ0n) is 12.7. The standard InChI is InChI=1S/C17H18N6/c18-16(14-7-1-2-10-19-14)22-23-17-20-12-8-3-5-11-6-4-9-13(21-17)15(11)12/h1-3,5,7-8,10,13H,4,6,9H2,(H2,18,22)(H2,20,21,23)/t13-/m1/s1. The number of pyridine rings is 1. The fourth-order valence-electron chi connectivity index (χ4n) is 3.15. The molecule has 2 aromatic rings. The summed E-state index contributed by atoms with van der Waals surface area (Å²) in [4.78, 5) is 8.90. The van der Waals surface area contributed by atoms with E-state index in [1.54, 1.807) is 6.20 Å². The maximum Gasteiger partial charge on any atom is 0.217 e. The first kappa shape index (κ1) is 13.8. The van der Waals surface area contributed by atoms with Gasteiger partial charge in [-0.05, 0) is 43.0 Å². The molecule has 0 amide bonds. The number of aliphatic imine (C=N–C) groups is 1. The van der Waals surface area contributed by atoms with E-state index in [-0.39, 0.29) is 6.04 Å². The summed E-state index contributed by atoms with van der Waals surface area (Å²) in [5.74, 6) is 0.957. The molecule has 1 aromatic carbocycles. The lowest BCUT2D eigenvalue weighted by Crippen LogP contribution is -2.34. The van der Waals surface area contributed by atoms with E-state index < -0.39 is 0 Å². The molecule has 0 radical (unpaired) electrons. The third-order valence-corrected chi connectivity index (χ3v) is 4.20. The number of anilines is 1. The van der Waals surface area contributed by atoms with Gasteiger partial charge in [-0.3, -0.25) is 4.98 Å². The van der Waals surface area contributed by atoms with Gasteiger partial charge in [-0.15, -0.1) is 0 Å². The Morgan fingerprint density at radius 2 is 2.22 bits per heavy atom. The van der Waals surface area contributed by atoms with Crippen molar-refractivity contribution in [2.24, 2.45) is 15.8 Å². The number of amidine groups is 1. The fraction of sp³-hybridized carbons (Fsp3) is 0.235. The summed E-state index contributed by atoms with van der Waals surface area (Å²) in [5, 5.41) is 7.49. The van der Waals surface area contributed by atoms with Crippen molar-refractivity contribution in [3.05, 3.63) is 59.4 Å². The highest BCUT2D eigenvalue weighted by Gasteiger charge is 2.26. The Morgan fingerprint density at radius 3 is 3.09 bits per heavy atom. The summed E-state index contributed by atoms with van der Waals surface area (Å²) in [5.41, 5.74) is 13.3. The van der Waals surface area contributed by atoms with Crippen LogP contribution in [0.25, 0.3) is 0 Å². The fourth-order valence-corrected chi connectivity index (χ4v) is 3.15. The summed E-state index contributed by atoms with van der Waals surface area (Å²) in [7, 11) is 0. The van der Waals surface area contributed by atoms with Crippen LogP contribution < -0.4 is 16.5 Å². The van der Waals surface area contributed by atoms with E-state index in [0.29, 0.717) is 17.5 Å². The summed E-state index contributed by atoms with van der Waals surface area (Å²) in [6.45, 7) is 0. The summed E-state index contributed by atoms with van der Waals surface area (Å²) < 4.78 is 0. The maximum absolute atomic E-state index is 5.95. The Hall–Kier alpha value is -2.89. The number of aromatic nitrogens is 1. The topological polar surface area (TPSA) is 87.7 Å². The first-order valence-electron chi connectivity index (χ1n) is 7.78. The van der Waals surface area contributed by atoms with Crippen molar-refractivity contribution >= 4 is 17.5 Å². The van der Waals surface area contributed by atoms with Gasteiger partial charge in [0.05, 0.1) is 6.04 Å². The molecule has 1 atom stereocenters. The number of nitrogens with one attached hydrogen (secondary N) is 2. The first-order chi connectivity index (χ1) is 11.3. The van der Waals surface area contributed by atoms with Crippen molar-refractivity contribution in [1.29, 1.82) is 0 Å². The molecule has 4 N–H and O–H groups in total. The zero-order chi connectivity index (χ0) is 15.6. The lowest BCUT2D eigenvalue weighted by atomic mass is 9.86. The Morgan fingerprint density at radius 1 is 1.26 bits per heavy atom. The molecule has 6 heteroatoms. The number of nitrogens with two attached hydrogens (primary N) is 1. The highest BCUT2D eigenvalue weighted by Crippen LogP contribution is 2.39. The van der Waals surface area contributed by atoms with Crippen LogP contribution in [0.2, 0.25) is 0 Å². The molecule has 0 saturated carbocycles. The normalized spacial score (nSPS) is 19.4. The Bertz CT molecular complexity index is 781. The third kappa shape index (κ3) is 2.63. The van der Waals surface area contributed by atoms with Crippen molar-refractivity contribution < 1.29 is 0 Å². The minimum atomic E-state index is 0.199. The van der Waals surface area contributed by atoms with Crippen LogP contribution in [0.4, 0.5) is 5.69 Å². The summed E-state index contributed by atoms with van der Waals surface area (Å²) in [6, 6.07) is 12.1. The van der Waals surface area contributed by atoms with E-state index in [4.69, 9.17) is 10.7 Å². The SMILES string of the molecule is NC(=NNC1=N[C@@H]2CCCc3cccc(c32)N1)c1ccccn1. The molecule has 1 aliphatic carbocycles. The average molecular weight is 306 g/mol. The molecule has 6 nitrogen and oxygen atoms in total. The van der Waals surface area contributed by atoms with Gasteiger partial charge in [0.15, 0.2) is 5.84 Å². The second-order valence-corrected chi connectivity index (χ2v) is 5.71. The molecule has 0 fully saturated rings. The van der Waals surface area contributed by atoms with Crippen LogP contribution in [0.5, 0.6) is 0 Å². The van der Waals surface area contributed by atoms with Crippen LogP contribution in [-0.2, 0) is 6.42 Å². The molecule has 1 aromatic heterocycles. The second-order valence-electron chi connectivity index (χ2n) is 5.71. The highest BCUT2D eigenvalue weighted by molar-refractivity contribution is 5.99. The molecule has 2 aliphatic rings. The van der Waals surface area contributed by atoms with Gasteiger partial charge in [0.1, 0.15) is 5.69 Å². The van der Waals surface area contributed by atoms with Gasteiger partial charge in [-0.1, -0.05) is 18.2 Å². The molecule has 0 unspecified atom stereocenters. The van der Waals surface area contributed by atoms with Crippen molar-refractivity contribution in [2.45, 2.75) is 25.3 Å². The first-order valence-corrected chi connectivity index (χ1v) is 7.78. The number of nitrogens with zero attached hydrogens (tertiary/aromatic N) is 3. The molecule has 0 spiro atoms. The maximum atomic E-state index is 5.95. The summed E-state index contributed by atoms with van der Waals surface area (Å²) in [6.07, 6.45) is 5.05. The van der Waals surface area contributed by atoms with Gasteiger partial charge in [0.25, 0.3) is 0 Å². The van der Waals surface area contributed by atoms with Crippen molar-refractivity contribution in [2.75, 3.05) is 5.32 Å². The van der Waals surface area contributed by atoms with E-state index in [9.17, 15) is 0 Å². The lowest BCUT2D eigenvalue weighted by molar-refractivity contribution is 0.567. The predicted molar refractivity (Wildman–Crippen MR) is 91.3 cm³/mol. The molecule has 2 heterocycles. The monoisotopic (exact) mass is 306 g/mol. The number of guanidine groups is 1. The Kier molecular flexibility index (Phi) is 3.42. The van der Waals surface area contributed by atoms with E-state index in [1.165, 1.54) is 11.1 Å². The van der Waals surface area contributed by atoms with Crippen LogP contribution in [0, 0.1) is 0 Å². The predicted octanol–water partition coefficient (Wildman–Crippen LogP) is 2.15. The second kappa shape index (κ2) is 5.72. The van der Waals surface area contributed by atoms with Crippen LogP contribution in [0.1, 0.15) is 35.7 Å². The number of benzene rings is 1. The number of aryl methyl sites for hydroxylation is 1. The Labute approximate surface area is 134 Å². The number of hydrazone groups is 1. The van der Waals surface area contributed by atoms with Gasteiger partial charge in [-0.2, -0.15) is 5.10 Å². The molecule has 4 rings (SSSR count). The Balaban J connectivity index is 1.57. The smallest absolute Gasteiger partial charge is 0.217 e. The zero-order valence-corrected chi connectivity index (χ0v) is 12.7. The molecule has 23 heavy (non-hydrogen) atoms. The van der Waals surface area contributed by atoms with Gasteiger partial charge < -0.3 is 11.1 Å². The highest BCUT2D eigenvalue weighted by atomic mass is 15.4. The number of hydrogen-bond acceptors (Lipinski definition) is 5. The average Bonchev–Trinajstić information content (AvgIpc) is 2.61. The largest absolute Gasteiger partial charge is 0.380 e. The van der Waals surface area contributed by atoms with Crippen LogP contribution in [-0.4, -0.2) is 16.8 Å². The lowest BCUT2D eigenvalue weighted by Gasteiger charge is -2.30. The summed E-state index contributed by atoms with van der Waals surface area (Å²) >= 11 is 0. The van der Waals surface area contributed by atoms with Gasteiger partial charge in [0.2, 0.25) is 5.96 Å². The van der Waals surface area contributed by atoms with Crippen LogP contribution >= 0.6 is 0 Å². The van der Waals surface area contributed by atoms with E-state index in [0.717, 1.165) is 24.9 Å². The van der Waals surface area contributed by atoms with Crippen molar-refractivity contribution in [1.82, 2.24) is 10.4 Å². The van der Waals surface area contributed by atoms with E-state index >= 15 is 0 Å². The van der Waals surface area contributed by atoms with Crippen molar-refractivity contribution in [3.63, 3.8) is 0 Å². The van der Waals surface area contributed by atoms with E-state index in [1.807, 2.05) is 18.2 Å². The molecule has 0 saturated heterocycles. The minimum Gasteiger partial charge on any atom is -0.380 e. The molecule has 0 bridgehead atoms. The quantitative estimate of drug-likeness (QED) is 0.451. The molecule has 116 valence electrons.